The van der Waals surface area contributed by atoms with Gasteiger partial charge in [-0.1, -0.05) is 164 Å². The predicted molar refractivity (Wildman–Crippen MR) is 185 cm³/mol. The number of hydrogen-bond donors (Lipinski definition) is 0. The summed E-state index contributed by atoms with van der Waals surface area (Å²) in [5.74, 6) is 1.09. The Morgan fingerprint density at radius 2 is 0.727 bits per heavy atom. The first-order valence-electron chi connectivity index (χ1n) is 14.6. The topological polar surface area (TPSA) is 38.7 Å². The zero-order valence-electron chi connectivity index (χ0n) is 23.9. The van der Waals surface area contributed by atoms with Crippen LogP contribution in [0.2, 0.25) is 5.28 Å². The molecule has 0 spiro atoms. The Morgan fingerprint density at radius 3 is 1.25 bits per heavy atom. The molecule has 0 atom stereocenters. The van der Waals surface area contributed by atoms with Crippen molar-refractivity contribution in [2.24, 2.45) is 0 Å². The van der Waals surface area contributed by atoms with Gasteiger partial charge in [0.15, 0.2) is 19.7 Å². The van der Waals surface area contributed by atoms with Crippen LogP contribution in [0.5, 0.6) is 0 Å². The van der Waals surface area contributed by atoms with E-state index in [1.165, 1.54) is 20.7 Å². The largest absolute Gasteiger partial charge is 0.226 e. The summed E-state index contributed by atoms with van der Waals surface area (Å²) in [4.78, 5) is 14.1. The van der Waals surface area contributed by atoms with E-state index in [0.717, 1.165) is 22.3 Å². The van der Waals surface area contributed by atoms with E-state index >= 15 is 0 Å². The Labute approximate surface area is 263 Å². The molecule has 1 aromatic heterocycles. The van der Waals surface area contributed by atoms with E-state index in [2.05, 4.69) is 149 Å². The molecule has 7 aromatic rings. The first-order chi connectivity index (χ1) is 21.7. The van der Waals surface area contributed by atoms with Crippen LogP contribution in [-0.2, 0) is 0 Å². The van der Waals surface area contributed by atoms with E-state index in [0.29, 0.717) is 11.6 Å². The van der Waals surface area contributed by atoms with Crippen LogP contribution in [0.15, 0.2) is 170 Å². The highest BCUT2D eigenvalue weighted by atomic mass is 35.5. The molecule has 0 aliphatic heterocycles. The Bertz CT molecular complexity index is 1920. The average molecular weight is 602 g/mol. The Balaban J connectivity index is 1.40. The molecule has 0 saturated carbocycles. The van der Waals surface area contributed by atoms with Gasteiger partial charge in [0, 0.05) is 11.1 Å². The van der Waals surface area contributed by atoms with Crippen molar-refractivity contribution in [3.8, 4) is 33.9 Å². The van der Waals surface area contributed by atoms with Gasteiger partial charge in [0.25, 0.3) is 0 Å². The molecule has 6 aromatic carbocycles. The quantitative estimate of drug-likeness (QED) is 0.147. The fourth-order valence-electron chi connectivity index (χ4n) is 6.03. The minimum Gasteiger partial charge on any atom is -0.208 e. The van der Waals surface area contributed by atoms with E-state index in [4.69, 9.17) is 16.6 Å². The van der Waals surface area contributed by atoms with E-state index in [-0.39, 0.29) is 5.28 Å². The molecule has 0 aliphatic carbocycles. The van der Waals surface area contributed by atoms with Gasteiger partial charge in [0.1, 0.15) is 0 Å². The van der Waals surface area contributed by atoms with Gasteiger partial charge in [-0.25, -0.2) is 4.98 Å². The number of hydrogen-bond acceptors (Lipinski definition) is 3. The summed E-state index contributed by atoms with van der Waals surface area (Å²) in [7, 11) is -2.70. The van der Waals surface area contributed by atoms with E-state index in [1.807, 2.05) is 30.3 Å². The van der Waals surface area contributed by atoms with Crippen LogP contribution in [0.25, 0.3) is 33.9 Å². The van der Waals surface area contributed by atoms with Crippen LogP contribution in [0.3, 0.4) is 0 Å². The molecule has 3 nitrogen and oxygen atoms in total. The molecule has 210 valence electrons. The van der Waals surface area contributed by atoms with Gasteiger partial charge in [-0.3, -0.25) is 0 Å². The maximum atomic E-state index is 6.57. The lowest BCUT2D eigenvalue weighted by atomic mass is 10.0. The zero-order chi connectivity index (χ0) is 29.8. The smallest absolute Gasteiger partial charge is 0.208 e. The predicted octanol–water partition coefficient (Wildman–Crippen LogP) is 6.90. The van der Waals surface area contributed by atoms with Gasteiger partial charge in [-0.15, -0.1) is 0 Å². The van der Waals surface area contributed by atoms with Crippen molar-refractivity contribution >= 4 is 40.4 Å². The first-order valence-corrected chi connectivity index (χ1v) is 16.9. The highest BCUT2D eigenvalue weighted by Gasteiger charge is 2.41. The minimum absolute atomic E-state index is 0.165. The van der Waals surface area contributed by atoms with Crippen molar-refractivity contribution in [1.29, 1.82) is 0 Å². The third kappa shape index (κ3) is 5.26. The van der Waals surface area contributed by atoms with E-state index < -0.39 is 8.07 Å². The molecule has 44 heavy (non-hydrogen) atoms. The summed E-state index contributed by atoms with van der Waals surface area (Å²) in [6.07, 6.45) is 0. The van der Waals surface area contributed by atoms with Crippen LogP contribution in [0, 0.1) is 0 Å². The van der Waals surface area contributed by atoms with E-state index in [1.54, 1.807) is 0 Å². The molecular formula is C39H28ClN3Si. The van der Waals surface area contributed by atoms with Crippen LogP contribution >= 0.6 is 11.6 Å². The monoisotopic (exact) mass is 601 g/mol. The standard InChI is InChI=1S/C39H28ClN3Si/c40-39-42-37(31-18-13-17-30(27-31)29-15-5-1-6-16-29)41-38(43-39)32-19-14-26-36(28-32)44(33-20-7-2-8-21-33,34-22-9-3-10-23-34)35-24-11-4-12-25-35/h1-28H. The number of aromatic nitrogens is 3. The fourth-order valence-corrected chi connectivity index (χ4v) is 11.0. The molecule has 0 unspecified atom stereocenters. The van der Waals surface area contributed by atoms with Crippen molar-refractivity contribution in [3.63, 3.8) is 0 Å². The second kappa shape index (κ2) is 12.2. The normalized spacial score (nSPS) is 11.3. The third-order valence-electron chi connectivity index (χ3n) is 8.01. The van der Waals surface area contributed by atoms with Gasteiger partial charge in [0.05, 0.1) is 0 Å². The lowest BCUT2D eigenvalue weighted by Crippen LogP contribution is -2.74. The van der Waals surface area contributed by atoms with Crippen molar-refractivity contribution in [2.75, 3.05) is 0 Å². The number of benzene rings is 6. The molecule has 0 saturated heterocycles. The molecule has 0 aliphatic rings. The van der Waals surface area contributed by atoms with Crippen molar-refractivity contribution in [1.82, 2.24) is 15.0 Å². The Morgan fingerprint density at radius 1 is 0.341 bits per heavy atom. The molecule has 7 rings (SSSR count). The molecule has 0 N–H and O–H groups in total. The molecular weight excluding hydrogens is 574 g/mol. The maximum Gasteiger partial charge on any atom is 0.226 e. The zero-order valence-corrected chi connectivity index (χ0v) is 25.6. The molecule has 0 bridgehead atoms. The lowest BCUT2D eigenvalue weighted by Gasteiger charge is -2.34. The number of halogens is 1. The Kier molecular flexibility index (Phi) is 7.68. The van der Waals surface area contributed by atoms with Gasteiger partial charge in [-0.2, -0.15) is 9.97 Å². The van der Waals surface area contributed by atoms with E-state index in [9.17, 15) is 0 Å². The van der Waals surface area contributed by atoms with Gasteiger partial charge in [0.2, 0.25) is 5.28 Å². The number of nitrogens with zero attached hydrogens (tertiary/aromatic N) is 3. The summed E-state index contributed by atoms with van der Waals surface area (Å²) in [6.45, 7) is 0. The van der Waals surface area contributed by atoms with Gasteiger partial charge >= 0.3 is 0 Å². The van der Waals surface area contributed by atoms with Gasteiger partial charge < -0.3 is 0 Å². The summed E-state index contributed by atoms with van der Waals surface area (Å²) >= 11 is 6.57. The molecule has 0 fully saturated rings. The highest BCUT2D eigenvalue weighted by Crippen LogP contribution is 2.27. The molecule has 0 radical (unpaired) electrons. The third-order valence-corrected chi connectivity index (χ3v) is 13.0. The lowest BCUT2D eigenvalue weighted by molar-refractivity contribution is 1.07. The fraction of sp³-hybridized carbons (Fsp3) is 0. The van der Waals surface area contributed by atoms with Crippen molar-refractivity contribution < 1.29 is 0 Å². The molecule has 0 amide bonds. The van der Waals surface area contributed by atoms with Crippen molar-refractivity contribution in [2.45, 2.75) is 0 Å². The first kappa shape index (κ1) is 27.7. The summed E-state index contributed by atoms with van der Waals surface area (Å²) < 4.78 is 0. The number of rotatable bonds is 7. The summed E-state index contributed by atoms with van der Waals surface area (Å²) in [5.41, 5.74) is 4.00. The van der Waals surface area contributed by atoms with Crippen LogP contribution < -0.4 is 20.7 Å². The average Bonchev–Trinajstić information content (AvgIpc) is 3.10. The van der Waals surface area contributed by atoms with Crippen LogP contribution in [0.4, 0.5) is 0 Å². The Hall–Kier alpha value is -5.16. The van der Waals surface area contributed by atoms with Crippen LogP contribution in [-0.4, -0.2) is 23.0 Å². The van der Waals surface area contributed by atoms with Crippen LogP contribution in [0.1, 0.15) is 0 Å². The maximum absolute atomic E-state index is 6.57. The van der Waals surface area contributed by atoms with Gasteiger partial charge in [-0.05, 0) is 49.5 Å². The summed E-state index contributed by atoms with van der Waals surface area (Å²) in [6, 6.07) is 59.8. The second-order valence-electron chi connectivity index (χ2n) is 10.6. The van der Waals surface area contributed by atoms with Crippen molar-refractivity contribution in [3.05, 3.63) is 175 Å². The second-order valence-corrected chi connectivity index (χ2v) is 14.8. The molecule has 1 heterocycles. The molecule has 5 heteroatoms. The SMILES string of the molecule is Clc1nc(-c2cccc(-c3ccccc3)c2)nc(-c2cccc([Si](c3ccccc3)(c3ccccc3)c3ccccc3)c2)n1. The highest BCUT2D eigenvalue weighted by molar-refractivity contribution is 7.19. The minimum atomic E-state index is -2.70. The summed E-state index contributed by atoms with van der Waals surface area (Å²) in [5, 5.41) is 5.32.